The summed E-state index contributed by atoms with van der Waals surface area (Å²) < 4.78 is 0. The van der Waals surface area contributed by atoms with E-state index in [0.717, 1.165) is 0 Å². The largest absolute Gasteiger partial charge is 0.394 e. The maximum absolute atomic E-state index is 11.1. The molecular formula is C8H17NO6. The minimum atomic E-state index is -1.89. The standard InChI is InChI=1S/C8H17NO6/c1-3(9)5(12)7(14)8(15)6(13)4(11)2-10/h3-4,6-8,10-11,13-15H,2,9H2,1H3/t3?,4-,6-,7-,8+/m1/s1. The molecule has 0 heterocycles. The second-order valence-electron chi connectivity index (χ2n) is 3.37. The predicted octanol–water partition coefficient (Wildman–Crippen LogP) is -3.66. The Hall–Kier alpha value is -0.570. The van der Waals surface area contributed by atoms with E-state index < -0.39 is 42.8 Å². The fourth-order valence-electron chi connectivity index (χ4n) is 0.960. The maximum atomic E-state index is 11.1. The van der Waals surface area contributed by atoms with Gasteiger partial charge in [-0.3, -0.25) is 4.79 Å². The number of Topliss-reactive ketones (excluding diaryl/α,β-unsaturated/α-hetero) is 1. The first-order valence-electron chi connectivity index (χ1n) is 4.45. The van der Waals surface area contributed by atoms with Crippen LogP contribution >= 0.6 is 0 Å². The van der Waals surface area contributed by atoms with E-state index in [4.69, 9.17) is 15.9 Å². The maximum Gasteiger partial charge on any atom is 0.180 e. The molecule has 0 bridgehead atoms. The van der Waals surface area contributed by atoms with Crippen molar-refractivity contribution in [3.63, 3.8) is 0 Å². The van der Waals surface area contributed by atoms with Crippen LogP contribution in [0.1, 0.15) is 6.92 Å². The third-order valence-electron chi connectivity index (χ3n) is 1.99. The van der Waals surface area contributed by atoms with E-state index in [1.807, 2.05) is 0 Å². The number of carbonyl (C=O) groups is 1. The molecule has 0 spiro atoms. The summed E-state index contributed by atoms with van der Waals surface area (Å²) in [5, 5.41) is 45.1. The normalized spacial score (nSPS) is 21.5. The number of carbonyl (C=O) groups excluding carboxylic acids is 1. The number of aliphatic hydroxyl groups is 5. The van der Waals surface area contributed by atoms with Gasteiger partial charge in [0.25, 0.3) is 0 Å². The third kappa shape index (κ3) is 3.82. The summed E-state index contributed by atoms with van der Waals surface area (Å²) in [6, 6.07) is -0.992. The molecule has 90 valence electrons. The highest BCUT2D eigenvalue weighted by Gasteiger charge is 2.34. The second-order valence-corrected chi connectivity index (χ2v) is 3.37. The zero-order chi connectivity index (χ0) is 12.2. The Balaban J connectivity index is 4.43. The molecule has 0 amide bonds. The monoisotopic (exact) mass is 223 g/mol. The van der Waals surface area contributed by atoms with Gasteiger partial charge in [-0.25, -0.2) is 0 Å². The van der Waals surface area contributed by atoms with Crippen LogP contribution in [0, 0.1) is 0 Å². The third-order valence-corrected chi connectivity index (χ3v) is 1.99. The van der Waals surface area contributed by atoms with Gasteiger partial charge in [0, 0.05) is 0 Å². The van der Waals surface area contributed by atoms with Gasteiger partial charge in [0.05, 0.1) is 12.6 Å². The Kier molecular flexibility index (Phi) is 5.88. The van der Waals surface area contributed by atoms with Gasteiger partial charge < -0.3 is 31.3 Å². The lowest BCUT2D eigenvalue weighted by molar-refractivity contribution is -0.147. The summed E-state index contributed by atoms with van der Waals surface area (Å²) in [6.07, 6.45) is -7.21. The van der Waals surface area contributed by atoms with E-state index in [9.17, 15) is 20.1 Å². The summed E-state index contributed by atoms with van der Waals surface area (Å²) in [5.74, 6) is -0.855. The first kappa shape index (κ1) is 14.4. The molecule has 15 heavy (non-hydrogen) atoms. The molecule has 7 nitrogen and oxygen atoms in total. The van der Waals surface area contributed by atoms with E-state index >= 15 is 0 Å². The zero-order valence-corrected chi connectivity index (χ0v) is 8.32. The van der Waals surface area contributed by atoms with Crippen molar-refractivity contribution in [1.82, 2.24) is 0 Å². The number of hydrogen-bond acceptors (Lipinski definition) is 7. The highest BCUT2D eigenvalue weighted by atomic mass is 16.4. The van der Waals surface area contributed by atoms with Crippen molar-refractivity contribution in [2.75, 3.05) is 6.61 Å². The number of nitrogens with two attached hydrogens (primary N) is 1. The van der Waals surface area contributed by atoms with E-state index in [1.54, 1.807) is 0 Å². The van der Waals surface area contributed by atoms with Crippen molar-refractivity contribution >= 4 is 5.78 Å². The van der Waals surface area contributed by atoms with E-state index in [-0.39, 0.29) is 0 Å². The van der Waals surface area contributed by atoms with Gasteiger partial charge in [0.15, 0.2) is 5.78 Å². The van der Waals surface area contributed by atoms with Crippen molar-refractivity contribution in [2.45, 2.75) is 37.4 Å². The van der Waals surface area contributed by atoms with Crippen LogP contribution in [-0.2, 0) is 4.79 Å². The Morgan fingerprint density at radius 3 is 2.00 bits per heavy atom. The summed E-state index contributed by atoms with van der Waals surface area (Å²) >= 11 is 0. The van der Waals surface area contributed by atoms with Crippen molar-refractivity contribution in [3.8, 4) is 0 Å². The Bertz CT molecular complexity index is 209. The van der Waals surface area contributed by atoms with Gasteiger partial charge in [0.1, 0.15) is 24.4 Å². The molecule has 5 atom stereocenters. The van der Waals surface area contributed by atoms with Gasteiger partial charge in [0.2, 0.25) is 0 Å². The average Bonchev–Trinajstić information content (AvgIpc) is 2.23. The number of ketones is 1. The number of rotatable bonds is 6. The number of hydrogen-bond donors (Lipinski definition) is 6. The lowest BCUT2D eigenvalue weighted by Crippen LogP contribution is -2.51. The van der Waals surface area contributed by atoms with E-state index in [2.05, 4.69) is 0 Å². The van der Waals surface area contributed by atoms with Crippen molar-refractivity contribution in [1.29, 1.82) is 0 Å². The molecule has 7 heteroatoms. The lowest BCUT2D eigenvalue weighted by atomic mass is 9.98. The van der Waals surface area contributed by atoms with Crippen LogP contribution in [0.4, 0.5) is 0 Å². The molecular weight excluding hydrogens is 206 g/mol. The fourth-order valence-corrected chi connectivity index (χ4v) is 0.960. The minimum Gasteiger partial charge on any atom is -0.394 e. The van der Waals surface area contributed by atoms with Crippen molar-refractivity contribution in [2.24, 2.45) is 5.73 Å². The topological polar surface area (TPSA) is 144 Å². The molecule has 0 aliphatic rings. The molecule has 7 N–H and O–H groups in total. The van der Waals surface area contributed by atoms with Crippen molar-refractivity contribution < 1.29 is 30.3 Å². The minimum absolute atomic E-state index is 0.794. The first-order chi connectivity index (χ1) is 6.82. The van der Waals surface area contributed by atoms with Gasteiger partial charge in [-0.15, -0.1) is 0 Å². The summed E-state index contributed by atoms with van der Waals surface area (Å²) in [6.45, 7) is 0.518. The highest BCUT2D eigenvalue weighted by molar-refractivity contribution is 5.88. The second kappa shape index (κ2) is 6.11. The Morgan fingerprint density at radius 2 is 1.67 bits per heavy atom. The van der Waals surface area contributed by atoms with Crippen LogP contribution in [0.25, 0.3) is 0 Å². The molecule has 0 fully saturated rings. The Morgan fingerprint density at radius 1 is 1.20 bits per heavy atom. The zero-order valence-electron chi connectivity index (χ0n) is 8.32. The molecule has 0 saturated carbocycles. The van der Waals surface area contributed by atoms with Crippen molar-refractivity contribution in [3.05, 3.63) is 0 Å². The molecule has 1 unspecified atom stereocenters. The lowest BCUT2D eigenvalue weighted by Gasteiger charge is -2.25. The predicted molar refractivity (Wildman–Crippen MR) is 49.8 cm³/mol. The molecule has 0 rings (SSSR count). The molecule has 0 saturated heterocycles. The van der Waals surface area contributed by atoms with Gasteiger partial charge in [-0.2, -0.15) is 0 Å². The van der Waals surface area contributed by atoms with Crippen LogP contribution in [0.5, 0.6) is 0 Å². The van der Waals surface area contributed by atoms with Crippen LogP contribution in [0.15, 0.2) is 0 Å². The first-order valence-corrected chi connectivity index (χ1v) is 4.45. The quantitative estimate of drug-likeness (QED) is 0.272. The molecule has 0 aromatic heterocycles. The smallest absolute Gasteiger partial charge is 0.180 e. The molecule has 0 aliphatic carbocycles. The summed E-state index contributed by atoms with van der Waals surface area (Å²) in [4.78, 5) is 11.1. The van der Waals surface area contributed by atoms with E-state index in [1.165, 1.54) is 6.92 Å². The summed E-state index contributed by atoms with van der Waals surface area (Å²) in [7, 11) is 0. The average molecular weight is 223 g/mol. The van der Waals surface area contributed by atoms with Crippen LogP contribution in [0.3, 0.4) is 0 Å². The Labute approximate surface area is 86.8 Å². The molecule has 0 aromatic carbocycles. The highest BCUT2D eigenvalue weighted by Crippen LogP contribution is 2.06. The molecule has 0 radical (unpaired) electrons. The van der Waals surface area contributed by atoms with Crippen LogP contribution in [-0.4, -0.2) is 68.4 Å². The summed E-state index contributed by atoms with van der Waals surface area (Å²) in [5.41, 5.74) is 5.17. The van der Waals surface area contributed by atoms with Gasteiger partial charge >= 0.3 is 0 Å². The molecule has 0 aromatic rings. The number of aliphatic hydroxyl groups excluding tert-OH is 5. The van der Waals surface area contributed by atoms with Crippen LogP contribution in [0.2, 0.25) is 0 Å². The van der Waals surface area contributed by atoms with Gasteiger partial charge in [-0.05, 0) is 6.92 Å². The fraction of sp³-hybridized carbons (Fsp3) is 0.875. The van der Waals surface area contributed by atoms with Gasteiger partial charge in [-0.1, -0.05) is 0 Å². The van der Waals surface area contributed by atoms with E-state index in [0.29, 0.717) is 0 Å². The molecule has 0 aliphatic heterocycles. The van der Waals surface area contributed by atoms with Crippen LogP contribution < -0.4 is 5.73 Å². The SMILES string of the molecule is CC(N)C(=O)[C@@H](O)[C@@H](O)[C@H](O)[C@H](O)CO.